The van der Waals surface area contributed by atoms with Crippen molar-refractivity contribution in [2.75, 3.05) is 6.54 Å². The number of hydrogen-bond donors (Lipinski definition) is 2. The zero-order chi connectivity index (χ0) is 19.4. The van der Waals surface area contributed by atoms with Crippen molar-refractivity contribution in [1.82, 2.24) is 19.6 Å². The lowest BCUT2D eigenvalue weighted by atomic mass is 10.1. The van der Waals surface area contributed by atoms with Crippen molar-refractivity contribution in [3.63, 3.8) is 0 Å². The molecule has 10 heteroatoms. The summed E-state index contributed by atoms with van der Waals surface area (Å²) in [4.78, 5) is 27.5. The van der Waals surface area contributed by atoms with Crippen LogP contribution in [-0.4, -0.2) is 48.0 Å². The molecule has 0 bridgehead atoms. The molecule has 1 aromatic rings. The summed E-state index contributed by atoms with van der Waals surface area (Å²) in [6.45, 7) is 8.43. The molecule has 1 unspecified atom stereocenters. The summed E-state index contributed by atoms with van der Waals surface area (Å²) in [5.74, 6) is -0.527. The van der Waals surface area contributed by atoms with E-state index in [0.29, 0.717) is 5.82 Å². The summed E-state index contributed by atoms with van der Waals surface area (Å²) >= 11 is 0. The summed E-state index contributed by atoms with van der Waals surface area (Å²) in [5, 5.41) is 2.58. The Hall–Kier alpha value is -1.94. The molecule has 0 aliphatic carbocycles. The number of nitrogens with one attached hydrogen (secondary N) is 2. The predicted molar refractivity (Wildman–Crippen MR) is 91.2 cm³/mol. The van der Waals surface area contributed by atoms with Crippen LogP contribution in [0.25, 0.3) is 0 Å². The fourth-order valence-electron chi connectivity index (χ4n) is 1.80. The van der Waals surface area contributed by atoms with Gasteiger partial charge in [-0.2, -0.15) is 0 Å². The lowest BCUT2D eigenvalue weighted by Gasteiger charge is -2.23. The summed E-state index contributed by atoms with van der Waals surface area (Å²) in [7, 11) is -2.11. The Morgan fingerprint density at radius 1 is 1.36 bits per heavy atom. The molecule has 0 aliphatic heterocycles. The molecule has 1 heterocycles. The third-order valence-electron chi connectivity index (χ3n) is 3.16. The van der Waals surface area contributed by atoms with Crippen LogP contribution in [0.15, 0.2) is 11.2 Å². The van der Waals surface area contributed by atoms with Gasteiger partial charge in [-0.05, 0) is 34.6 Å². The Balaban J connectivity index is 2.47. The molecule has 1 amide bonds. The first-order valence-corrected chi connectivity index (χ1v) is 9.31. The van der Waals surface area contributed by atoms with Crippen molar-refractivity contribution in [2.45, 2.75) is 57.7 Å². The van der Waals surface area contributed by atoms with E-state index in [4.69, 9.17) is 4.74 Å². The Labute approximate surface area is 148 Å². The van der Waals surface area contributed by atoms with E-state index < -0.39 is 33.5 Å². The molecule has 0 fully saturated rings. The van der Waals surface area contributed by atoms with Gasteiger partial charge in [-0.25, -0.2) is 18.1 Å². The Morgan fingerprint density at radius 3 is 2.44 bits per heavy atom. The van der Waals surface area contributed by atoms with Crippen LogP contribution in [-0.2, 0) is 31.4 Å². The van der Waals surface area contributed by atoms with Gasteiger partial charge >= 0.3 is 5.97 Å². The quantitative estimate of drug-likeness (QED) is 0.660. The molecule has 25 heavy (non-hydrogen) atoms. The Bertz CT molecular complexity index is 714. The lowest BCUT2D eigenvalue weighted by Crippen LogP contribution is -2.46. The van der Waals surface area contributed by atoms with Crippen LogP contribution >= 0.6 is 0 Å². The van der Waals surface area contributed by atoms with Crippen molar-refractivity contribution in [3.8, 4) is 0 Å². The van der Waals surface area contributed by atoms with E-state index in [1.165, 1.54) is 13.1 Å². The fourth-order valence-corrected chi connectivity index (χ4v) is 2.87. The average Bonchev–Trinajstić information content (AvgIpc) is 2.77. The van der Waals surface area contributed by atoms with Crippen LogP contribution in [0, 0.1) is 6.92 Å². The zero-order valence-corrected chi connectivity index (χ0v) is 16.2. The zero-order valence-electron chi connectivity index (χ0n) is 15.4. The molecular weight excluding hydrogens is 348 g/mol. The number of ether oxygens (including phenoxy) is 1. The van der Waals surface area contributed by atoms with Gasteiger partial charge in [0.15, 0.2) is 11.1 Å². The minimum absolute atomic E-state index is 0.112. The van der Waals surface area contributed by atoms with E-state index in [0.717, 1.165) is 0 Å². The summed E-state index contributed by atoms with van der Waals surface area (Å²) in [6, 6.07) is 0. The number of carbonyl (C=O) groups is 2. The highest BCUT2D eigenvalue weighted by Crippen LogP contribution is 2.07. The molecule has 2 N–H and O–H groups in total. The smallest absolute Gasteiger partial charge is 0.307 e. The van der Waals surface area contributed by atoms with Crippen LogP contribution < -0.4 is 10.0 Å². The van der Waals surface area contributed by atoms with Gasteiger partial charge in [0.2, 0.25) is 0 Å². The number of aromatic nitrogens is 2. The number of rotatable bonds is 7. The number of nitrogens with zero attached hydrogens (tertiary/aromatic N) is 2. The normalized spacial score (nSPS) is 13.4. The van der Waals surface area contributed by atoms with Crippen LogP contribution in [0.1, 0.15) is 39.9 Å². The molecule has 0 saturated heterocycles. The van der Waals surface area contributed by atoms with Crippen molar-refractivity contribution < 1.29 is 22.7 Å². The summed E-state index contributed by atoms with van der Waals surface area (Å²) < 4.78 is 33.0. The molecule has 1 atom stereocenters. The number of hydrogen-bond acceptors (Lipinski definition) is 6. The number of aryl methyl sites for hydroxylation is 2. The van der Waals surface area contributed by atoms with E-state index in [1.54, 1.807) is 18.5 Å². The van der Waals surface area contributed by atoms with Gasteiger partial charge in [0.25, 0.3) is 15.9 Å². The van der Waals surface area contributed by atoms with Gasteiger partial charge < -0.3 is 14.6 Å². The van der Waals surface area contributed by atoms with Crippen molar-refractivity contribution in [2.24, 2.45) is 7.05 Å². The van der Waals surface area contributed by atoms with Crippen molar-refractivity contribution in [3.05, 3.63) is 12.0 Å². The molecule has 0 radical (unpaired) electrons. The molecule has 0 aliphatic rings. The molecule has 142 valence electrons. The number of amides is 1. The third kappa shape index (κ3) is 6.83. The van der Waals surface area contributed by atoms with Crippen LogP contribution in [0.4, 0.5) is 0 Å². The predicted octanol–water partition coefficient (Wildman–Crippen LogP) is 0.243. The monoisotopic (exact) mass is 374 g/mol. The molecule has 0 aromatic carbocycles. The first kappa shape index (κ1) is 21.1. The van der Waals surface area contributed by atoms with E-state index in [-0.39, 0.29) is 18.0 Å². The first-order valence-electron chi connectivity index (χ1n) is 7.83. The minimum atomic E-state index is -3.80. The Kier molecular flexibility index (Phi) is 6.72. The third-order valence-corrected chi connectivity index (χ3v) is 4.49. The van der Waals surface area contributed by atoms with Gasteiger partial charge in [-0.1, -0.05) is 0 Å². The molecule has 0 saturated carbocycles. The van der Waals surface area contributed by atoms with Gasteiger partial charge in [0, 0.05) is 25.3 Å². The van der Waals surface area contributed by atoms with Crippen LogP contribution in [0.3, 0.4) is 0 Å². The summed E-state index contributed by atoms with van der Waals surface area (Å²) in [5.41, 5.74) is -0.436. The van der Waals surface area contributed by atoms with E-state index >= 15 is 0 Å². The largest absolute Gasteiger partial charge is 0.453 e. The second-order valence-corrected chi connectivity index (χ2v) is 8.47. The number of esters is 1. The van der Waals surface area contributed by atoms with Crippen LogP contribution in [0.2, 0.25) is 0 Å². The van der Waals surface area contributed by atoms with Gasteiger partial charge in [-0.15, -0.1) is 0 Å². The molecule has 0 spiro atoms. The maximum atomic E-state index is 12.1. The van der Waals surface area contributed by atoms with Gasteiger partial charge in [-0.3, -0.25) is 9.59 Å². The SMILES string of the molecule is Cc1nc(S(=O)(=O)NCCC(=O)OC(C)C(=O)NC(C)(C)C)cn1C. The van der Waals surface area contributed by atoms with Gasteiger partial charge in [0.1, 0.15) is 5.82 Å². The maximum absolute atomic E-state index is 12.1. The minimum Gasteiger partial charge on any atom is -0.453 e. The highest BCUT2D eigenvalue weighted by Gasteiger charge is 2.23. The molecule has 9 nitrogen and oxygen atoms in total. The number of imidazole rings is 1. The highest BCUT2D eigenvalue weighted by atomic mass is 32.2. The maximum Gasteiger partial charge on any atom is 0.307 e. The van der Waals surface area contributed by atoms with E-state index in [1.807, 2.05) is 20.8 Å². The average molecular weight is 374 g/mol. The second kappa shape index (κ2) is 7.96. The fraction of sp³-hybridized carbons (Fsp3) is 0.667. The molecular formula is C15H26N4O5S. The van der Waals surface area contributed by atoms with Crippen molar-refractivity contribution >= 4 is 21.9 Å². The summed E-state index contributed by atoms with van der Waals surface area (Å²) in [6.07, 6.45) is 0.231. The van der Waals surface area contributed by atoms with E-state index in [9.17, 15) is 18.0 Å². The van der Waals surface area contributed by atoms with Crippen molar-refractivity contribution in [1.29, 1.82) is 0 Å². The van der Waals surface area contributed by atoms with E-state index in [2.05, 4.69) is 15.0 Å². The second-order valence-electron chi connectivity index (χ2n) is 6.76. The number of sulfonamides is 1. The standard InChI is InChI=1S/C15H26N4O5S/c1-10(14(21)18-15(3,4)5)24-13(20)7-8-16-25(22,23)12-9-19(6)11(2)17-12/h9-10,16H,7-8H2,1-6H3,(H,18,21). The lowest BCUT2D eigenvalue weighted by molar-refractivity contribution is -0.155. The number of carbonyl (C=O) groups excluding carboxylic acids is 2. The van der Waals surface area contributed by atoms with Gasteiger partial charge in [0.05, 0.1) is 6.42 Å². The highest BCUT2D eigenvalue weighted by molar-refractivity contribution is 7.89. The first-order chi connectivity index (χ1) is 11.3. The molecule has 1 rings (SSSR count). The van der Waals surface area contributed by atoms with Crippen LogP contribution in [0.5, 0.6) is 0 Å². The molecule has 1 aromatic heterocycles. The Morgan fingerprint density at radius 2 is 1.96 bits per heavy atom. The topological polar surface area (TPSA) is 119 Å².